The minimum Gasteiger partial charge on any atom is -0.176 e. The molecule has 0 saturated heterocycles. The third-order valence-corrected chi connectivity index (χ3v) is 10.6. The summed E-state index contributed by atoms with van der Waals surface area (Å²) in [5, 5.41) is 0.623. The molecule has 0 N–H and O–H groups in total. The minimum atomic E-state index is 0.515. The molecule has 3 saturated carbocycles. The van der Waals surface area contributed by atoms with E-state index < -0.39 is 0 Å². The zero-order valence-corrected chi connectivity index (χ0v) is 19.9. The molecule has 0 aliphatic heterocycles. The SMILES string of the molecule is CCCCCCCC[C@H]1CC[C@H]2[C@@H]3CC=C4C[C@H](S)CC[C@]4(C)[C@H]3CC[C@]12C. The first-order valence-electron chi connectivity index (χ1n) is 12.9. The molecule has 3 fully saturated rings. The zero-order valence-electron chi connectivity index (χ0n) is 19.0. The van der Waals surface area contributed by atoms with Gasteiger partial charge in [0, 0.05) is 5.25 Å². The summed E-state index contributed by atoms with van der Waals surface area (Å²) in [4.78, 5) is 0. The van der Waals surface area contributed by atoms with E-state index in [1.165, 1.54) is 96.3 Å². The highest BCUT2D eigenvalue weighted by atomic mass is 32.1. The van der Waals surface area contributed by atoms with Gasteiger partial charge in [0.25, 0.3) is 0 Å². The van der Waals surface area contributed by atoms with Gasteiger partial charge in [-0.2, -0.15) is 12.6 Å². The van der Waals surface area contributed by atoms with Crippen molar-refractivity contribution >= 4 is 12.6 Å². The van der Waals surface area contributed by atoms with Crippen LogP contribution in [0.4, 0.5) is 0 Å². The normalized spacial score (nSPS) is 45.1. The number of fused-ring (bicyclic) bond motifs is 5. The van der Waals surface area contributed by atoms with Crippen LogP contribution in [0.5, 0.6) is 0 Å². The van der Waals surface area contributed by atoms with Gasteiger partial charge >= 0.3 is 0 Å². The van der Waals surface area contributed by atoms with Crippen LogP contribution in [-0.2, 0) is 0 Å². The standard InChI is InChI=1S/C27H46S/c1-4-5-6-7-8-9-10-20-12-14-24-23-13-11-21-19-22(28)15-17-27(21,3)25(23)16-18-26(20,24)2/h11,20,22-25,28H,4-10,12-19H2,1-3H3/t20-,22+,23-,24-,25-,26+,27-/m0/s1. The summed E-state index contributed by atoms with van der Waals surface area (Å²) < 4.78 is 0. The molecular formula is C27H46S. The summed E-state index contributed by atoms with van der Waals surface area (Å²) in [5.74, 6) is 3.99. The molecule has 7 atom stereocenters. The first kappa shape index (κ1) is 21.3. The van der Waals surface area contributed by atoms with Crippen LogP contribution < -0.4 is 0 Å². The summed E-state index contributed by atoms with van der Waals surface area (Å²) in [6.45, 7) is 7.68. The van der Waals surface area contributed by atoms with Gasteiger partial charge in [-0.15, -0.1) is 0 Å². The fourth-order valence-corrected chi connectivity index (χ4v) is 8.72. The van der Waals surface area contributed by atoms with E-state index in [1.807, 2.05) is 0 Å². The van der Waals surface area contributed by atoms with Crippen molar-refractivity contribution < 1.29 is 0 Å². The molecule has 4 aliphatic rings. The summed E-state index contributed by atoms with van der Waals surface area (Å²) in [6.07, 6.45) is 24.5. The topological polar surface area (TPSA) is 0 Å². The van der Waals surface area contributed by atoms with E-state index in [9.17, 15) is 0 Å². The third kappa shape index (κ3) is 3.76. The van der Waals surface area contributed by atoms with Crippen molar-refractivity contribution in [2.24, 2.45) is 34.5 Å². The van der Waals surface area contributed by atoms with Crippen LogP contribution in [0.3, 0.4) is 0 Å². The fourth-order valence-electron chi connectivity index (χ4n) is 8.40. The smallest absolute Gasteiger partial charge is 0.00545 e. The van der Waals surface area contributed by atoms with Gasteiger partial charge < -0.3 is 0 Å². The molecule has 160 valence electrons. The minimum absolute atomic E-state index is 0.515. The van der Waals surface area contributed by atoms with Crippen LogP contribution in [0.25, 0.3) is 0 Å². The summed E-state index contributed by atoms with van der Waals surface area (Å²) >= 11 is 4.84. The molecule has 28 heavy (non-hydrogen) atoms. The molecule has 0 aromatic carbocycles. The maximum Gasteiger partial charge on any atom is 0.00545 e. The van der Waals surface area contributed by atoms with E-state index in [-0.39, 0.29) is 0 Å². The lowest BCUT2D eigenvalue weighted by molar-refractivity contribution is -0.0421. The lowest BCUT2D eigenvalue weighted by Gasteiger charge is -2.58. The molecule has 0 nitrogen and oxygen atoms in total. The van der Waals surface area contributed by atoms with E-state index in [2.05, 4.69) is 26.8 Å². The average molecular weight is 403 g/mol. The van der Waals surface area contributed by atoms with Crippen LogP contribution in [0.2, 0.25) is 0 Å². The highest BCUT2D eigenvalue weighted by Gasteiger charge is 2.58. The molecule has 0 heterocycles. The lowest BCUT2D eigenvalue weighted by Crippen LogP contribution is -2.50. The van der Waals surface area contributed by atoms with Crippen molar-refractivity contribution in [1.29, 1.82) is 0 Å². The van der Waals surface area contributed by atoms with Crippen LogP contribution in [0.1, 0.15) is 117 Å². The van der Waals surface area contributed by atoms with E-state index in [0.29, 0.717) is 16.1 Å². The summed E-state index contributed by atoms with van der Waals surface area (Å²) in [6, 6.07) is 0. The Morgan fingerprint density at radius 3 is 2.54 bits per heavy atom. The number of thiol groups is 1. The Labute approximate surface area is 181 Å². The summed E-state index contributed by atoms with van der Waals surface area (Å²) in [7, 11) is 0. The van der Waals surface area contributed by atoms with Gasteiger partial charge in [0.05, 0.1) is 0 Å². The maximum atomic E-state index is 4.84. The quantitative estimate of drug-likeness (QED) is 0.246. The number of unbranched alkanes of at least 4 members (excludes halogenated alkanes) is 5. The zero-order chi connectivity index (χ0) is 19.8. The maximum absolute atomic E-state index is 4.84. The van der Waals surface area contributed by atoms with Gasteiger partial charge in [-0.25, -0.2) is 0 Å². The van der Waals surface area contributed by atoms with Crippen molar-refractivity contribution in [2.75, 3.05) is 0 Å². The number of allylic oxidation sites excluding steroid dienone is 2. The van der Waals surface area contributed by atoms with Gasteiger partial charge in [0.1, 0.15) is 0 Å². The Morgan fingerprint density at radius 2 is 1.71 bits per heavy atom. The number of rotatable bonds is 7. The third-order valence-electron chi connectivity index (χ3n) is 10.2. The molecule has 0 amide bonds. The van der Waals surface area contributed by atoms with Gasteiger partial charge in [-0.05, 0) is 92.3 Å². The molecular weight excluding hydrogens is 356 g/mol. The fraction of sp³-hybridized carbons (Fsp3) is 0.926. The van der Waals surface area contributed by atoms with Crippen molar-refractivity contribution in [3.8, 4) is 0 Å². The van der Waals surface area contributed by atoms with E-state index in [4.69, 9.17) is 12.6 Å². The van der Waals surface area contributed by atoms with Crippen LogP contribution >= 0.6 is 12.6 Å². The first-order chi connectivity index (χ1) is 13.5. The van der Waals surface area contributed by atoms with Crippen LogP contribution in [-0.4, -0.2) is 5.25 Å². The Morgan fingerprint density at radius 1 is 0.929 bits per heavy atom. The molecule has 0 radical (unpaired) electrons. The van der Waals surface area contributed by atoms with Crippen LogP contribution in [0, 0.1) is 34.5 Å². The van der Waals surface area contributed by atoms with Crippen molar-refractivity contribution in [1.82, 2.24) is 0 Å². The molecule has 0 aromatic rings. The second-order valence-electron chi connectivity index (χ2n) is 11.5. The highest BCUT2D eigenvalue weighted by molar-refractivity contribution is 7.80. The van der Waals surface area contributed by atoms with Gasteiger partial charge in [-0.3, -0.25) is 0 Å². The van der Waals surface area contributed by atoms with Gasteiger partial charge in [0.2, 0.25) is 0 Å². The molecule has 4 aliphatic carbocycles. The first-order valence-corrected chi connectivity index (χ1v) is 13.4. The largest absolute Gasteiger partial charge is 0.176 e. The second kappa shape index (κ2) is 8.68. The monoisotopic (exact) mass is 402 g/mol. The van der Waals surface area contributed by atoms with E-state index in [1.54, 1.807) is 5.57 Å². The van der Waals surface area contributed by atoms with E-state index >= 15 is 0 Å². The Hall–Kier alpha value is 0.0900. The van der Waals surface area contributed by atoms with E-state index in [0.717, 1.165) is 23.7 Å². The molecule has 1 heteroatoms. The van der Waals surface area contributed by atoms with Gasteiger partial charge in [-0.1, -0.05) is 70.9 Å². The highest BCUT2D eigenvalue weighted by Crippen LogP contribution is 2.66. The van der Waals surface area contributed by atoms with Crippen molar-refractivity contribution in [2.45, 2.75) is 122 Å². The molecule has 0 unspecified atom stereocenters. The van der Waals surface area contributed by atoms with Crippen molar-refractivity contribution in [3.05, 3.63) is 11.6 Å². The molecule has 4 rings (SSSR count). The predicted molar refractivity (Wildman–Crippen MR) is 126 cm³/mol. The molecule has 0 bridgehead atoms. The number of hydrogen-bond acceptors (Lipinski definition) is 1. The summed E-state index contributed by atoms with van der Waals surface area (Å²) in [5.41, 5.74) is 2.97. The van der Waals surface area contributed by atoms with Gasteiger partial charge in [0.15, 0.2) is 0 Å². The Balaban J connectivity index is 1.39. The predicted octanol–water partition coefficient (Wildman–Crippen LogP) is 8.61. The van der Waals surface area contributed by atoms with Crippen LogP contribution in [0.15, 0.2) is 11.6 Å². The Kier molecular flexibility index (Phi) is 6.61. The Bertz CT molecular complexity index is 565. The second-order valence-corrected chi connectivity index (χ2v) is 12.3. The molecule has 0 aromatic heterocycles. The van der Waals surface area contributed by atoms with Crippen molar-refractivity contribution in [3.63, 3.8) is 0 Å². The lowest BCUT2D eigenvalue weighted by atomic mass is 9.47. The average Bonchev–Trinajstić information content (AvgIpc) is 3.01. The molecule has 0 spiro atoms. The number of hydrogen-bond donors (Lipinski definition) is 1.